The normalized spacial score (nSPS) is 43.2. The Morgan fingerprint density at radius 1 is 1.12 bits per heavy atom. The van der Waals surface area contributed by atoms with E-state index < -0.39 is 0 Å². The number of fused-ring (bicyclic) bond motifs is 5. The summed E-state index contributed by atoms with van der Waals surface area (Å²) in [6, 6.07) is 0.674. The number of nitrogens with zero attached hydrogens (tertiary/aromatic N) is 2. The molecule has 1 aromatic heterocycles. The third-order valence-corrected chi connectivity index (χ3v) is 5.06. The van der Waals surface area contributed by atoms with Crippen LogP contribution < -0.4 is 5.32 Å². The zero-order valence-corrected chi connectivity index (χ0v) is 10.5. The fraction of sp³-hybridized carbons (Fsp3) is 0.667. The molecule has 4 atom stereocenters. The highest BCUT2D eigenvalue weighted by atomic mass is 79.9. The maximum absolute atomic E-state index is 4.29. The van der Waals surface area contributed by atoms with Crippen LogP contribution >= 0.6 is 15.9 Å². The summed E-state index contributed by atoms with van der Waals surface area (Å²) in [4.78, 5) is 8.57. The summed E-state index contributed by atoms with van der Waals surface area (Å²) in [7, 11) is 0. The molecule has 0 amide bonds. The van der Waals surface area contributed by atoms with Gasteiger partial charge in [-0.1, -0.05) is 0 Å². The van der Waals surface area contributed by atoms with Crippen LogP contribution in [0.4, 0.5) is 5.95 Å². The summed E-state index contributed by atoms with van der Waals surface area (Å²) in [5.41, 5.74) is 0. The fourth-order valence-electron chi connectivity index (χ4n) is 4.05. The molecular weight excluding hydrogens is 266 g/mol. The minimum Gasteiger partial charge on any atom is -0.351 e. The highest BCUT2D eigenvalue weighted by molar-refractivity contribution is 9.10. The predicted octanol–water partition coefficient (Wildman–Crippen LogP) is 2.70. The van der Waals surface area contributed by atoms with E-state index in [1.165, 1.54) is 19.3 Å². The number of hydrogen-bond acceptors (Lipinski definition) is 3. The van der Waals surface area contributed by atoms with Crippen LogP contribution in [-0.4, -0.2) is 16.0 Å². The van der Waals surface area contributed by atoms with Crippen molar-refractivity contribution in [2.75, 3.05) is 5.32 Å². The molecule has 3 saturated carbocycles. The van der Waals surface area contributed by atoms with Crippen molar-refractivity contribution in [3.63, 3.8) is 0 Å². The van der Waals surface area contributed by atoms with Crippen LogP contribution in [0.5, 0.6) is 0 Å². The summed E-state index contributed by atoms with van der Waals surface area (Å²) < 4.78 is 0.939. The molecule has 3 aliphatic carbocycles. The van der Waals surface area contributed by atoms with Gasteiger partial charge in [-0.15, -0.1) is 0 Å². The van der Waals surface area contributed by atoms with Gasteiger partial charge >= 0.3 is 0 Å². The van der Waals surface area contributed by atoms with E-state index in [-0.39, 0.29) is 0 Å². The Morgan fingerprint density at radius 2 is 1.75 bits per heavy atom. The van der Waals surface area contributed by atoms with Crippen molar-refractivity contribution in [3.05, 3.63) is 16.9 Å². The van der Waals surface area contributed by atoms with Crippen molar-refractivity contribution in [2.24, 2.45) is 23.7 Å². The highest BCUT2D eigenvalue weighted by Gasteiger charge is 2.65. The number of halogens is 1. The molecule has 1 heterocycles. The first-order valence-corrected chi connectivity index (χ1v) is 6.86. The van der Waals surface area contributed by atoms with Crippen LogP contribution in [-0.2, 0) is 0 Å². The third kappa shape index (κ3) is 1.25. The molecule has 0 aromatic carbocycles. The lowest BCUT2D eigenvalue weighted by atomic mass is 10.0. The summed E-state index contributed by atoms with van der Waals surface area (Å²) in [5, 5.41) is 3.50. The maximum Gasteiger partial charge on any atom is 0.222 e. The molecule has 1 aromatic rings. The van der Waals surface area contributed by atoms with Gasteiger partial charge in [0.25, 0.3) is 0 Å². The highest BCUT2D eigenvalue weighted by Crippen LogP contribution is 2.66. The molecule has 84 valence electrons. The lowest BCUT2D eigenvalue weighted by molar-refractivity contribution is 0.456. The molecule has 3 aliphatic rings. The first-order valence-electron chi connectivity index (χ1n) is 6.07. The Hall–Kier alpha value is -0.640. The van der Waals surface area contributed by atoms with E-state index in [0.717, 1.165) is 34.1 Å². The first kappa shape index (κ1) is 9.40. The van der Waals surface area contributed by atoms with Crippen LogP contribution in [0.2, 0.25) is 0 Å². The van der Waals surface area contributed by atoms with E-state index in [9.17, 15) is 0 Å². The topological polar surface area (TPSA) is 37.8 Å². The smallest absolute Gasteiger partial charge is 0.222 e. The van der Waals surface area contributed by atoms with Gasteiger partial charge in [-0.05, 0) is 58.9 Å². The molecule has 0 aliphatic heterocycles. The van der Waals surface area contributed by atoms with E-state index in [1.807, 2.05) is 12.4 Å². The van der Waals surface area contributed by atoms with Crippen molar-refractivity contribution >= 4 is 21.9 Å². The van der Waals surface area contributed by atoms with Gasteiger partial charge in [0, 0.05) is 18.4 Å². The van der Waals surface area contributed by atoms with Crippen molar-refractivity contribution < 1.29 is 0 Å². The lowest BCUT2D eigenvalue weighted by Gasteiger charge is -2.09. The maximum atomic E-state index is 4.29. The zero-order valence-electron chi connectivity index (χ0n) is 8.94. The zero-order chi connectivity index (χ0) is 10.7. The second-order valence-electron chi connectivity index (χ2n) is 5.38. The Balaban J connectivity index is 1.48. The van der Waals surface area contributed by atoms with Gasteiger partial charge in [0.15, 0.2) is 0 Å². The van der Waals surface area contributed by atoms with E-state index in [0.29, 0.717) is 6.04 Å². The molecule has 3 fully saturated rings. The number of rotatable bonds is 2. The number of nitrogens with one attached hydrogen (secondary N) is 1. The molecule has 1 N–H and O–H groups in total. The van der Waals surface area contributed by atoms with Gasteiger partial charge in [0.05, 0.1) is 4.47 Å². The van der Waals surface area contributed by atoms with Gasteiger partial charge in [0.1, 0.15) is 0 Å². The summed E-state index contributed by atoms with van der Waals surface area (Å²) in [5.74, 6) is 4.67. The third-order valence-electron chi connectivity index (χ3n) is 4.65. The number of anilines is 1. The Labute approximate surface area is 103 Å². The van der Waals surface area contributed by atoms with E-state index >= 15 is 0 Å². The predicted molar refractivity (Wildman–Crippen MR) is 65.0 cm³/mol. The van der Waals surface area contributed by atoms with Gasteiger partial charge in [0.2, 0.25) is 5.95 Å². The number of hydrogen-bond donors (Lipinski definition) is 1. The van der Waals surface area contributed by atoms with E-state index in [2.05, 4.69) is 31.2 Å². The first-order chi connectivity index (χ1) is 7.83. The molecule has 4 heteroatoms. The monoisotopic (exact) mass is 279 g/mol. The molecule has 0 spiro atoms. The Bertz CT molecular complexity index is 403. The minimum absolute atomic E-state index is 0.674. The van der Waals surface area contributed by atoms with Crippen LogP contribution in [0.15, 0.2) is 16.9 Å². The molecule has 0 saturated heterocycles. The lowest BCUT2D eigenvalue weighted by Crippen LogP contribution is -2.14. The van der Waals surface area contributed by atoms with Crippen LogP contribution in [0.1, 0.15) is 19.3 Å². The molecular formula is C12H14BrN3. The van der Waals surface area contributed by atoms with Crippen molar-refractivity contribution in [2.45, 2.75) is 25.3 Å². The van der Waals surface area contributed by atoms with Crippen molar-refractivity contribution in [1.29, 1.82) is 0 Å². The summed E-state index contributed by atoms with van der Waals surface area (Å²) in [6.07, 6.45) is 8.04. The molecule has 16 heavy (non-hydrogen) atoms. The minimum atomic E-state index is 0.674. The largest absolute Gasteiger partial charge is 0.351 e. The van der Waals surface area contributed by atoms with Gasteiger partial charge in [-0.25, -0.2) is 9.97 Å². The molecule has 4 unspecified atom stereocenters. The SMILES string of the molecule is Brc1cnc(NC2C3C4CCC(C4)C23)nc1. The van der Waals surface area contributed by atoms with Crippen LogP contribution in [0.3, 0.4) is 0 Å². The second-order valence-corrected chi connectivity index (χ2v) is 6.30. The van der Waals surface area contributed by atoms with Crippen LogP contribution in [0.25, 0.3) is 0 Å². The molecule has 3 nitrogen and oxygen atoms in total. The van der Waals surface area contributed by atoms with Crippen molar-refractivity contribution in [1.82, 2.24) is 9.97 Å². The van der Waals surface area contributed by atoms with Crippen LogP contribution in [0, 0.1) is 23.7 Å². The molecule has 2 bridgehead atoms. The Kier molecular flexibility index (Phi) is 1.87. The van der Waals surface area contributed by atoms with Gasteiger partial charge < -0.3 is 5.32 Å². The standard InChI is InChI=1S/C12H14BrN3/c13-8-4-14-12(15-5-8)16-11-9-6-1-2-7(3-6)10(9)11/h4-7,9-11H,1-3H2,(H,14,15,16). The molecule has 4 rings (SSSR count). The fourth-order valence-corrected chi connectivity index (χ4v) is 4.26. The average molecular weight is 280 g/mol. The average Bonchev–Trinajstić information content (AvgIpc) is 2.72. The summed E-state index contributed by atoms with van der Waals surface area (Å²) in [6.45, 7) is 0. The van der Waals surface area contributed by atoms with Gasteiger partial charge in [-0.2, -0.15) is 0 Å². The van der Waals surface area contributed by atoms with E-state index in [4.69, 9.17) is 0 Å². The molecule has 0 radical (unpaired) electrons. The quantitative estimate of drug-likeness (QED) is 0.905. The van der Waals surface area contributed by atoms with Crippen molar-refractivity contribution in [3.8, 4) is 0 Å². The summed E-state index contributed by atoms with van der Waals surface area (Å²) >= 11 is 3.35. The van der Waals surface area contributed by atoms with Gasteiger partial charge in [-0.3, -0.25) is 0 Å². The second kappa shape index (κ2) is 3.19. The van der Waals surface area contributed by atoms with E-state index in [1.54, 1.807) is 0 Å². The Morgan fingerprint density at radius 3 is 2.38 bits per heavy atom. The number of aromatic nitrogens is 2.